The van der Waals surface area contributed by atoms with Crippen LogP contribution >= 0.6 is 23.4 Å². The van der Waals surface area contributed by atoms with Gasteiger partial charge in [-0.1, -0.05) is 17.7 Å². The van der Waals surface area contributed by atoms with E-state index >= 15 is 0 Å². The van der Waals surface area contributed by atoms with Gasteiger partial charge in [-0.3, -0.25) is 4.40 Å². The lowest BCUT2D eigenvalue weighted by Gasteiger charge is -2.08. The zero-order valence-corrected chi connectivity index (χ0v) is 10.1. The van der Waals surface area contributed by atoms with E-state index in [1.165, 1.54) is 0 Å². The molecule has 5 heteroatoms. The first-order valence-corrected chi connectivity index (χ1v) is 6.74. The summed E-state index contributed by atoms with van der Waals surface area (Å²) in [6, 6.07) is 5.32. The highest BCUT2D eigenvalue weighted by Gasteiger charge is 2.24. The number of halogens is 1. The predicted molar refractivity (Wildman–Crippen MR) is 66.5 cm³/mol. The molecule has 1 saturated heterocycles. The van der Waals surface area contributed by atoms with Crippen molar-refractivity contribution >= 4 is 28.9 Å². The van der Waals surface area contributed by atoms with E-state index in [0.717, 1.165) is 29.3 Å². The first-order chi connectivity index (χ1) is 7.77. The smallest absolute Gasteiger partial charge is 0.197 e. The third-order valence-corrected chi connectivity index (χ3v) is 4.36. The fraction of sp³-hybridized carbons (Fsp3) is 0.364. The zero-order chi connectivity index (χ0) is 11.1. The van der Waals surface area contributed by atoms with Crippen molar-refractivity contribution in [2.75, 3.05) is 11.5 Å². The Labute approximate surface area is 102 Å². The van der Waals surface area contributed by atoms with Gasteiger partial charge in [-0.2, -0.15) is 11.8 Å². The van der Waals surface area contributed by atoms with E-state index in [2.05, 4.69) is 4.98 Å². The van der Waals surface area contributed by atoms with E-state index in [1.807, 2.05) is 17.8 Å². The van der Waals surface area contributed by atoms with Crippen LogP contribution in [-0.2, 0) is 0 Å². The summed E-state index contributed by atoms with van der Waals surface area (Å²) in [5.74, 6) is 3.72. The van der Waals surface area contributed by atoms with Gasteiger partial charge in [0.05, 0.1) is 5.52 Å². The monoisotopic (exact) mass is 254 g/mol. The molecule has 16 heavy (non-hydrogen) atoms. The standard InChI is InChI=1S/C11H11ClN2OS/c12-10-8-2-1-3-9(15)14(8)11(13-10)7-4-5-16-6-7/h1-3,7,15H,4-6H2. The molecule has 3 rings (SSSR count). The maximum absolute atomic E-state index is 9.88. The molecule has 1 fully saturated rings. The molecule has 1 aliphatic heterocycles. The van der Waals surface area contributed by atoms with Gasteiger partial charge in [0.1, 0.15) is 5.82 Å². The van der Waals surface area contributed by atoms with Gasteiger partial charge in [-0.15, -0.1) is 0 Å². The Hall–Kier alpha value is -0.870. The van der Waals surface area contributed by atoms with Crippen LogP contribution in [0.3, 0.4) is 0 Å². The third-order valence-electron chi connectivity index (χ3n) is 2.92. The highest BCUT2D eigenvalue weighted by Crippen LogP contribution is 2.35. The molecule has 0 aromatic carbocycles. The van der Waals surface area contributed by atoms with Crippen LogP contribution in [-0.4, -0.2) is 26.0 Å². The Morgan fingerprint density at radius 2 is 2.38 bits per heavy atom. The van der Waals surface area contributed by atoms with E-state index in [-0.39, 0.29) is 5.88 Å². The number of fused-ring (bicyclic) bond motifs is 1. The lowest BCUT2D eigenvalue weighted by atomic mass is 10.1. The van der Waals surface area contributed by atoms with Crippen LogP contribution in [0.25, 0.3) is 5.52 Å². The second-order valence-corrected chi connectivity index (χ2v) is 5.43. The molecular formula is C11H11ClN2OS. The second-order valence-electron chi connectivity index (χ2n) is 3.93. The van der Waals surface area contributed by atoms with E-state index in [4.69, 9.17) is 11.6 Å². The Morgan fingerprint density at radius 3 is 3.12 bits per heavy atom. The molecule has 3 nitrogen and oxygen atoms in total. The maximum Gasteiger partial charge on any atom is 0.197 e. The number of imidazole rings is 1. The molecule has 2 aromatic heterocycles. The van der Waals surface area contributed by atoms with Gasteiger partial charge in [0.25, 0.3) is 0 Å². The summed E-state index contributed by atoms with van der Waals surface area (Å²) in [5, 5.41) is 10.4. The highest BCUT2D eigenvalue weighted by atomic mass is 35.5. The van der Waals surface area contributed by atoms with Crippen molar-refractivity contribution in [3.8, 4) is 5.88 Å². The third kappa shape index (κ3) is 1.48. The van der Waals surface area contributed by atoms with Crippen LogP contribution in [0.4, 0.5) is 0 Å². The molecule has 1 atom stereocenters. The molecule has 84 valence electrons. The van der Waals surface area contributed by atoms with Crippen LogP contribution < -0.4 is 0 Å². The largest absolute Gasteiger partial charge is 0.494 e. The predicted octanol–water partition coefficient (Wildman–Crippen LogP) is 2.91. The maximum atomic E-state index is 9.88. The number of thioether (sulfide) groups is 1. The van der Waals surface area contributed by atoms with Crippen molar-refractivity contribution in [2.24, 2.45) is 0 Å². The molecule has 0 amide bonds. The minimum Gasteiger partial charge on any atom is -0.494 e. The van der Waals surface area contributed by atoms with Crippen LogP contribution in [0.1, 0.15) is 18.2 Å². The topological polar surface area (TPSA) is 37.5 Å². The van der Waals surface area contributed by atoms with E-state index in [9.17, 15) is 5.11 Å². The molecule has 0 radical (unpaired) electrons. The quantitative estimate of drug-likeness (QED) is 0.850. The number of aromatic nitrogens is 2. The van der Waals surface area contributed by atoms with Crippen molar-refractivity contribution in [1.29, 1.82) is 0 Å². The first kappa shape index (κ1) is 10.3. The summed E-state index contributed by atoms with van der Waals surface area (Å²) in [4.78, 5) is 4.39. The number of aromatic hydroxyl groups is 1. The number of rotatable bonds is 1. The fourth-order valence-electron chi connectivity index (χ4n) is 2.12. The van der Waals surface area contributed by atoms with Crippen molar-refractivity contribution in [2.45, 2.75) is 12.3 Å². The summed E-state index contributed by atoms with van der Waals surface area (Å²) in [6.45, 7) is 0. The Morgan fingerprint density at radius 1 is 1.50 bits per heavy atom. The van der Waals surface area contributed by atoms with E-state index in [0.29, 0.717) is 11.1 Å². The summed E-state index contributed by atoms with van der Waals surface area (Å²) in [5.41, 5.74) is 0.786. The molecule has 3 heterocycles. The van der Waals surface area contributed by atoms with Gasteiger partial charge in [-0.25, -0.2) is 4.98 Å². The molecule has 0 aliphatic carbocycles. The van der Waals surface area contributed by atoms with E-state index in [1.54, 1.807) is 16.5 Å². The van der Waals surface area contributed by atoms with Gasteiger partial charge in [-0.05, 0) is 24.3 Å². The number of nitrogens with zero attached hydrogens (tertiary/aromatic N) is 2. The van der Waals surface area contributed by atoms with Crippen molar-refractivity contribution in [3.63, 3.8) is 0 Å². The Kier molecular flexibility index (Phi) is 2.48. The lowest BCUT2D eigenvalue weighted by Crippen LogP contribution is -2.03. The lowest BCUT2D eigenvalue weighted by molar-refractivity contribution is 0.440. The summed E-state index contributed by atoms with van der Waals surface area (Å²) < 4.78 is 1.76. The number of hydrogen-bond donors (Lipinski definition) is 1. The van der Waals surface area contributed by atoms with Crippen LogP contribution in [0.5, 0.6) is 5.88 Å². The molecular weight excluding hydrogens is 244 g/mol. The van der Waals surface area contributed by atoms with Gasteiger partial charge in [0.15, 0.2) is 11.0 Å². The molecule has 1 aliphatic rings. The SMILES string of the molecule is Oc1cccc2c(Cl)nc(C3CCSC3)n12. The van der Waals surface area contributed by atoms with Crippen LogP contribution in [0, 0.1) is 0 Å². The van der Waals surface area contributed by atoms with Gasteiger partial charge in [0, 0.05) is 11.7 Å². The number of pyridine rings is 1. The fourth-order valence-corrected chi connectivity index (χ4v) is 3.57. The van der Waals surface area contributed by atoms with E-state index < -0.39 is 0 Å². The summed E-state index contributed by atoms with van der Waals surface area (Å²) in [7, 11) is 0. The molecule has 0 bridgehead atoms. The minimum atomic E-state index is 0.212. The summed E-state index contributed by atoms with van der Waals surface area (Å²) in [6.07, 6.45) is 1.11. The van der Waals surface area contributed by atoms with Crippen molar-refractivity contribution < 1.29 is 5.11 Å². The van der Waals surface area contributed by atoms with Gasteiger partial charge < -0.3 is 5.11 Å². The molecule has 0 saturated carbocycles. The highest BCUT2D eigenvalue weighted by molar-refractivity contribution is 7.99. The van der Waals surface area contributed by atoms with Gasteiger partial charge in [0.2, 0.25) is 0 Å². The number of hydrogen-bond acceptors (Lipinski definition) is 3. The normalized spacial score (nSPS) is 20.7. The van der Waals surface area contributed by atoms with Gasteiger partial charge >= 0.3 is 0 Å². The Balaban J connectivity index is 2.24. The Bertz CT molecular complexity index is 534. The summed E-state index contributed by atoms with van der Waals surface area (Å²) >= 11 is 8.00. The second kappa shape index (κ2) is 3.86. The molecule has 0 spiro atoms. The molecule has 1 N–H and O–H groups in total. The minimum absolute atomic E-state index is 0.212. The van der Waals surface area contributed by atoms with Crippen LogP contribution in [0.2, 0.25) is 5.15 Å². The first-order valence-electron chi connectivity index (χ1n) is 5.21. The zero-order valence-electron chi connectivity index (χ0n) is 8.56. The average Bonchev–Trinajstić information content (AvgIpc) is 2.87. The van der Waals surface area contributed by atoms with Crippen molar-refractivity contribution in [3.05, 3.63) is 29.2 Å². The van der Waals surface area contributed by atoms with Crippen molar-refractivity contribution in [1.82, 2.24) is 9.38 Å². The van der Waals surface area contributed by atoms with Crippen LogP contribution in [0.15, 0.2) is 18.2 Å². The molecule has 1 unspecified atom stereocenters. The average molecular weight is 255 g/mol. The molecule has 2 aromatic rings.